The number of hydrogen-bond donors (Lipinski definition) is 2. The minimum Gasteiger partial charge on any atom is -0.438 e. The molecule has 1 saturated carbocycles. The Hall–Kier alpha value is -4.24. The number of aryl methyl sites for hydroxylation is 1. The molecule has 200 valence electrons. The van der Waals surface area contributed by atoms with Crippen molar-refractivity contribution in [1.29, 1.82) is 0 Å². The van der Waals surface area contributed by atoms with Crippen molar-refractivity contribution in [3.05, 3.63) is 77.5 Å². The van der Waals surface area contributed by atoms with Gasteiger partial charge in [0.2, 0.25) is 11.8 Å². The number of carbonyl (C=O) groups excluding carboxylic acids is 2. The summed E-state index contributed by atoms with van der Waals surface area (Å²) in [6.07, 6.45) is 7.31. The Bertz CT molecular complexity index is 1520. The molecule has 6 rings (SSSR count). The van der Waals surface area contributed by atoms with Gasteiger partial charge in [-0.05, 0) is 81.1 Å². The highest BCUT2D eigenvalue weighted by Gasteiger charge is 2.30. The first kappa shape index (κ1) is 25.1. The second kappa shape index (κ2) is 10.9. The lowest BCUT2D eigenvalue weighted by Crippen LogP contribution is -2.29. The van der Waals surface area contributed by atoms with Crippen LogP contribution in [0.2, 0.25) is 0 Å². The fraction of sp³-hybridized carbons (Fsp3) is 0.333. The van der Waals surface area contributed by atoms with Crippen molar-refractivity contribution in [2.45, 2.75) is 45.6 Å². The molecule has 3 heterocycles. The Morgan fingerprint density at radius 3 is 2.67 bits per heavy atom. The van der Waals surface area contributed by atoms with Crippen LogP contribution in [-0.4, -0.2) is 44.4 Å². The number of imidazole rings is 1. The molecule has 0 atom stereocenters. The Labute approximate surface area is 227 Å². The van der Waals surface area contributed by atoms with Gasteiger partial charge in [0.05, 0.1) is 6.20 Å². The van der Waals surface area contributed by atoms with Gasteiger partial charge >= 0.3 is 0 Å². The Morgan fingerprint density at radius 1 is 1.00 bits per heavy atom. The summed E-state index contributed by atoms with van der Waals surface area (Å²) in [7, 11) is 0. The van der Waals surface area contributed by atoms with Gasteiger partial charge < -0.3 is 15.4 Å². The third-order valence-corrected chi connectivity index (χ3v) is 7.22. The number of nitrogens with one attached hydrogen (secondary N) is 2. The monoisotopic (exact) mass is 524 g/mol. The molecule has 9 heteroatoms. The van der Waals surface area contributed by atoms with Crippen molar-refractivity contribution < 1.29 is 14.3 Å². The van der Waals surface area contributed by atoms with Gasteiger partial charge in [0, 0.05) is 35.8 Å². The van der Waals surface area contributed by atoms with E-state index in [9.17, 15) is 9.59 Å². The first-order valence-electron chi connectivity index (χ1n) is 13.6. The topological polar surface area (TPSA) is 101 Å². The van der Waals surface area contributed by atoms with Gasteiger partial charge in [-0.25, -0.2) is 9.50 Å². The molecule has 0 spiro atoms. The van der Waals surface area contributed by atoms with Crippen LogP contribution < -0.4 is 15.4 Å². The third-order valence-electron chi connectivity index (χ3n) is 7.22. The number of carbonyl (C=O) groups is 2. The molecule has 2 aliphatic rings. The van der Waals surface area contributed by atoms with E-state index in [0.717, 1.165) is 43.6 Å². The van der Waals surface area contributed by atoms with Crippen LogP contribution in [0.4, 0.5) is 11.5 Å². The largest absolute Gasteiger partial charge is 0.438 e. The van der Waals surface area contributed by atoms with Gasteiger partial charge in [0.15, 0.2) is 11.5 Å². The number of nitrogens with zero attached hydrogens (tertiary/aromatic N) is 4. The van der Waals surface area contributed by atoms with E-state index in [1.165, 1.54) is 19.3 Å². The summed E-state index contributed by atoms with van der Waals surface area (Å²) in [5.74, 6) is 1.32. The van der Waals surface area contributed by atoms with Crippen LogP contribution in [0.15, 0.2) is 60.8 Å². The maximum Gasteiger partial charge on any atom is 0.255 e. The van der Waals surface area contributed by atoms with Crippen LogP contribution in [0.1, 0.15) is 53.6 Å². The SMILES string of the molecule is Cc1ccc(Oc2ccc3nc(NC(=O)C4CC4)cn3n2)cc1NC(=O)c1cccc(CN2CCCCC2)c1. The van der Waals surface area contributed by atoms with Gasteiger partial charge in [-0.1, -0.05) is 24.6 Å². The summed E-state index contributed by atoms with van der Waals surface area (Å²) in [5.41, 5.74) is 3.98. The Balaban J connectivity index is 1.13. The number of likely N-dealkylation sites (tertiary alicyclic amines) is 1. The molecule has 1 saturated heterocycles. The minimum absolute atomic E-state index is 0.00200. The molecule has 1 aliphatic carbocycles. The molecule has 0 radical (unpaired) electrons. The van der Waals surface area contributed by atoms with Gasteiger partial charge in [-0.15, -0.1) is 5.10 Å². The van der Waals surface area contributed by atoms with E-state index in [1.54, 1.807) is 28.9 Å². The van der Waals surface area contributed by atoms with Crippen LogP contribution in [-0.2, 0) is 11.3 Å². The normalized spacial score (nSPS) is 15.7. The summed E-state index contributed by atoms with van der Waals surface area (Å²) in [6, 6.07) is 16.9. The van der Waals surface area contributed by atoms with E-state index in [0.29, 0.717) is 34.3 Å². The highest BCUT2D eigenvalue weighted by molar-refractivity contribution is 6.04. The summed E-state index contributed by atoms with van der Waals surface area (Å²) >= 11 is 0. The van der Waals surface area contributed by atoms with Crippen LogP contribution in [0.3, 0.4) is 0 Å². The molecule has 0 bridgehead atoms. The molecule has 2 amide bonds. The number of benzene rings is 2. The molecule has 1 aliphatic heterocycles. The van der Waals surface area contributed by atoms with Crippen LogP contribution in [0.25, 0.3) is 5.65 Å². The lowest BCUT2D eigenvalue weighted by atomic mass is 10.1. The van der Waals surface area contributed by atoms with E-state index in [4.69, 9.17) is 4.74 Å². The molecule has 2 fully saturated rings. The highest BCUT2D eigenvalue weighted by Crippen LogP contribution is 2.30. The third kappa shape index (κ3) is 6.09. The van der Waals surface area contributed by atoms with E-state index < -0.39 is 0 Å². The zero-order valence-corrected chi connectivity index (χ0v) is 22.0. The summed E-state index contributed by atoms with van der Waals surface area (Å²) in [5, 5.41) is 10.3. The van der Waals surface area contributed by atoms with Crippen molar-refractivity contribution >= 4 is 29.0 Å². The number of rotatable bonds is 8. The van der Waals surface area contributed by atoms with Crippen molar-refractivity contribution in [3.8, 4) is 11.6 Å². The molecule has 2 N–H and O–H groups in total. The Kier molecular flexibility index (Phi) is 6.98. The zero-order chi connectivity index (χ0) is 26.8. The predicted octanol–water partition coefficient (Wildman–Crippen LogP) is 5.42. The number of amides is 2. The molecule has 0 unspecified atom stereocenters. The second-order valence-corrected chi connectivity index (χ2v) is 10.4. The zero-order valence-electron chi connectivity index (χ0n) is 22.0. The van der Waals surface area contributed by atoms with Gasteiger partial charge in [-0.2, -0.15) is 0 Å². The average Bonchev–Trinajstić information content (AvgIpc) is 3.72. The van der Waals surface area contributed by atoms with Gasteiger partial charge in [0.1, 0.15) is 5.75 Å². The molecule has 4 aromatic rings. The predicted molar refractivity (Wildman–Crippen MR) is 149 cm³/mol. The number of fused-ring (bicyclic) bond motifs is 1. The number of hydrogen-bond acceptors (Lipinski definition) is 6. The number of aromatic nitrogens is 3. The average molecular weight is 525 g/mol. The lowest BCUT2D eigenvalue weighted by Gasteiger charge is -2.26. The van der Waals surface area contributed by atoms with Crippen LogP contribution in [0.5, 0.6) is 11.6 Å². The molecule has 2 aromatic heterocycles. The second-order valence-electron chi connectivity index (χ2n) is 10.4. The fourth-order valence-corrected chi connectivity index (χ4v) is 4.85. The number of ether oxygens (including phenoxy) is 1. The summed E-state index contributed by atoms with van der Waals surface area (Å²) < 4.78 is 7.58. The van der Waals surface area contributed by atoms with Gasteiger partial charge in [-0.3, -0.25) is 14.5 Å². The number of anilines is 2. The first-order valence-corrected chi connectivity index (χ1v) is 13.6. The van der Waals surface area contributed by atoms with E-state index >= 15 is 0 Å². The standard InChI is InChI=1S/C30H32N6O3/c1-20-8-11-24(39-28-13-12-27-32-26(19-36(27)34-28)33-29(37)22-9-10-22)17-25(20)31-30(38)23-7-5-6-21(16-23)18-35-14-3-2-4-15-35/h5-8,11-13,16-17,19,22H,2-4,9-10,14-15,18H2,1H3,(H,31,38)(H,33,37). The summed E-state index contributed by atoms with van der Waals surface area (Å²) in [6.45, 7) is 5.04. The van der Waals surface area contributed by atoms with Crippen molar-refractivity contribution in [1.82, 2.24) is 19.5 Å². The molecular formula is C30H32N6O3. The van der Waals surface area contributed by atoms with Crippen molar-refractivity contribution in [2.24, 2.45) is 5.92 Å². The Morgan fingerprint density at radius 2 is 1.85 bits per heavy atom. The lowest BCUT2D eigenvalue weighted by molar-refractivity contribution is -0.117. The van der Waals surface area contributed by atoms with E-state index in [-0.39, 0.29) is 17.7 Å². The first-order chi connectivity index (χ1) is 19.0. The van der Waals surface area contributed by atoms with Crippen LogP contribution in [0, 0.1) is 12.8 Å². The maximum absolute atomic E-state index is 13.1. The van der Waals surface area contributed by atoms with Crippen LogP contribution >= 0.6 is 0 Å². The molecule has 2 aromatic carbocycles. The smallest absolute Gasteiger partial charge is 0.255 e. The van der Waals surface area contributed by atoms with Gasteiger partial charge in [0.25, 0.3) is 5.91 Å². The fourth-order valence-electron chi connectivity index (χ4n) is 4.85. The molecule has 39 heavy (non-hydrogen) atoms. The van der Waals surface area contributed by atoms with E-state index in [2.05, 4.69) is 31.7 Å². The van der Waals surface area contributed by atoms with Crippen molar-refractivity contribution in [3.63, 3.8) is 0 Å². The highest BCUT2D eigenvalue weighted by atomic mass is 16.5. The molecular weight excluding hydrogens is 492 g/mol. The van der Waals surface area contributed by atoms with Crippen molar-refractivity contribution in [2.75, 3.05) is 23.7 Å². The quantitative estimate of drug-likeness (QED) is 0.319. The van der Waals surface area contributed by atoms with E-state index in [1.807, 2.05) is 37.3 Å². The maximum atomic E-state index is 13.1. The number of piperidine rings is 1. The molecule has 9 nitrogen and oxygen atoms in total. The minimum atomic E-state index is -0.158. The summed E-state index contributed by atoms with van der Waals surface area (Å²) in [4.78, 5) is 32.0.